The van der Waals surface area contributed by atoms with E-state index in [4.69, 9.17) is 23.2 Å². The molecule has 4 aromatic rings. The number of imidazole rings is 2. The first-order valence-electron chi connectivity index (χ1n) is 26.3. The van der Waals surface area contributed by atoms with Gasteiger partial charge in [-0.25, -0.2) is 19.9 Å². The lowest BCUT2D eigenvalue weighted by Crippen LogP contribution is -2.11. The number of aryl methyl sites for hydroxylation is 4. The Morgan fingerprint density at radius 3 is 1.20 bits per heavy atom. The Labute approximate surface area is 431 Å². The molecule has 1 unspecified atom stereocenters. The van der Waals surface area contributed by atoms with Crippen molar-refractivity contribution in [2.24, 2.45) is 0 Å². The summed E-state index contributed by atoms with van der Waals surface area (Å²) in [6.07, 6.45) is 33.3. The third kappa shape index (κ3) is 23.5. The molecule has 1 atom stereocenters. The lowest BCUT2D eigenvalue weighted by molar-refractivity contribution is -0.141. The number of fused-ring (bicyclic) bond motifs is 2. The van der Waals surface area contributed by atoms with Crippen molar-refractivity contribution >= 4 is 80.0 Å². The Balaban J connectivity index is 0.000000365. The molecule has 0 aliphatic heterocycles. The van der Waals surface area contributed by atoms with Gasteiger partial charge in [-0.05, 0) is 62.7 Å². The van der Waals surface area contributed by atoms with E-state index in [0.29, 0.717) is 34.4 Å². The lowest BCUT2D eigenvalue weighted by Gasteiger charge is -2.11. The Kier molecular flexibility index (Phi) is 30.9. The number of thioether (sulfide) groups is 1. The van der Waals surface area contributed by atoms with Crippen LogP contribution < -0.4 is 0 Å². The van der Waals surface area contributed by atoms with Crippen molar-refractivity contribution in [3.63, 3.8) is 0 Å². The molecule has 0 amide bonds. The molecule has 4 rings (SSSR count). The van der Waals surface area contributed by atoms with E-state index in [2.05, 4.69) is 62.4 Å². The van der Waals surface area contributed by atoms with Crippen molar-refractivity contribution < 1.29 is 23.3 Å². The molecule has 0 N–H and O–H groups in total. The molecule has 0 saturated carbocycles. The minimum Gasteiger partial charge on any atom is -0.469 e. The standard InChI is InChI=1S/C26H43ClN4O3S.C26H43ClN4O2S/c1-20(2)35(33)25-23-24(29-26(27)30-25)28-21(3)31(23)19-17-15-13-11-9-7-5-6-8-10-12-14-16-18-22(32)34-4;1-20(2)34-25-23-24(29-26(27)30-25)28-21(3)31(23)19-17-15-13-11-9-7-5-6-8-10-12-14-16-18-22(32)33-4/h20H,5-19H2,1-4H3;20H,5-19H2,1-4H3. The lowest BCUT2D eigenvalue weighted by atomic mass is 10.0. The highest BCUT2D eigenvalue weighted by Crippen LogP contribution is 2.31. The number of carbonyl (C=O) groups excluding carboxylic acids is 2. The Morgan fingerprint density at radius 1 is 0.507 bits per heavy atom. The first-order valence-corrected chi connectivity index (χ1v) is 29.1. The maximum absolute atomic E-state index is 12.8. The van der Waals surface area contributed by atoms with Gasteiger partial charge in [-0.2, -0.15) is 9.97 Å². The smallest absolute Gasteiger partial charge is 0.305 e. The van der Waals surface area contributed by atoms with Crippen LogP contribution in [0.15, 0.2) is 10.1 Å². The molecule has 4 aromatic heterocycles. The molecule has 17 heteroatoms. The zero-order valence-corrected chi connectivity index (χ0v) is 46.7. The topological polar surface area (TPSA) is 157 Å². The van der Waals surface area contributed by atoms with Crippen LogP contribution in [0.4, 0.5) is 0 Å². The molecule has 0 radical (unpaired) electrons. The van der Waals surface area contributed by atoms with E-state index in [0.717, 1.165) is 79.3 Å². The highest BCUT2D eigenvalue weighted by atomic mass is 35.5. The number of hydrogen-bond acceptors (Lipinski definition) is 12. The molecule has 0 bridgehead atoms. The SMILES string of the molecule is COC(=O)CCCCCCCCCCCCCCCn1c(C)nc2nc(Cl)nc(S(=O)C(C)C)c21.COC(=O)CCCCCCCCCCCCCCCn1c(C)nc2nc(Cl)nc(SC(C)C)c21. The molecular weight excluding hydrogens is 952 g/mol. The highest BCUT2D eigenvalue weighted by molar-refractivity contribution is 8.00. The van der Waals surface area contributed by atoms with Gasteiger partial charge in [-0.3, -0.25) is 13.8 Å². The molecule has 0 aliphatic rings. The van der Waals surface area contributed by atoms with Crippen LogP contribution in [0, 0.1) is 13.8 Å². The van der Waals surface area contributed by atoms with Crippen molar-refractivity contribution in [1.82, 2.24) is 39.0 Å². The quantitative estimate of drug-likeness (QED) is 0.0140. The second-order valence-electron chi connectivity index (χ2n) is 18.9. The van der Waals surface area contributed by atoms with Crippen LogP contribution in [0.2, 0.25) is 10.6 Å². The maximum Gasteiger partial charge on any atom is 0.305 e. The van der Waals surface area contributed by atoms with Gasteiger partial charge in [0, 0.05) is 36.4 Å². The van der Waals surface area contributed by atoms with Gasteiger partial charge in [-0.15, -0.1) is 11.8 Å². The number of methoxy groups -OCH3 is 2. The summed E-state index contributed by atoms with van der Waals surface area (Å²) in [7, 11) is 1.66. The first kappa shape index (κ1) is 60.4. The van der Waals surface area contributed by atoms with Crippen LogP contribution >= 0.6 is 35.0 Å². The summed E-state index contributed by atoms with van der Waals surface area (Å²) >= 11 is 13.9. The monoisotopic (exact) mass is 1040 g/mol. The Morgan fingerprint density at radius 2 is 0.841 bits per heavy atom. The number of hydrogen-bond donors (Lipinski definition) is 0. The van der Waals surface area contributed by atoms with E-state index in [1.165, 1.54) is 143 Å². The predicted molar refractivity (Wildman–Crippen MR) is 286 cm³/mol. The largest absolute Gasteiger partial charge is 0.469 e. The third-order valence-electron chi connectivity index (χ3n) is 12.4. The van der Waals surface area contributed by atoms with E-state index < -0.39 is 10.8 Å². The van der Waals surface area contributed by atoms with Crippen LogP contribution in [0.1, 0.15) is 219 Å². The predicted octanol–water partition coefficient (Wildman–Crippen LogP) is 14.9. The fraction of sp³-hybridized carbons (Fsp3) is 0.769. The molecule has 13 nitrogen and oxygen atoms in total. The first-order chi connectivity index (χ1) is 33.3. The summed E-state index contributed by atoms with van der Waals surface area (Å²) in [5.41, 5.74) is 3.04. The summed E-state index contributed by atoms with van der Waals surface area (Å²) in [6.45, 7) is 13.9. The average Bonchev–Trinajstić information content (AvgIpc) is 3.80. The van der Waals surface area contributed by atoms with E-state index in [1.807, 2.05) is 27.7 Å². The zero-order chi connectivity index (χ0) is 50.4. The van der Waals surface area contributed by atoms with E-state index >= 15 is 0 Å². The molecule has 390 valence electrons. The van der Waals surface area contributed by atoms with Gasteiger partial charge in [0.2, 0.25) is 10.6 Å². The summed E-state index contributed by atoms with van der Waals surface area (Å²) in [4.78, 5) is 48.7. The normalized spacial score (nSPS) is 12.1. The van der Waals surface area contributed by atoms with Crippen LogP contribution in [0.3, 0.4) is 0 Å². The van der Waals surface area contributed by atoms with E-state index in [1.54, 1.807) is 11.8 Å². The van der Waals surface area contributed by atoms with E-state index in [-0.39, 0.29) is 27.8 Å². The summed E-state index contributed by atoms with van der Waals surface area (Å²) in [6, 6.07) is 0. The number of unbranched alkanes of at least 4 members (excludes halogenated alkanes) is 24. The number of halogens is 2. The van der Waals surface area contributed by atoms with Crippen LogP contribution in [0.5, 0.6) is 0 Å². The van der Waals surface area contributed by atoms with Crippen LogP contribution in [-0.2, 0) is 43.0 Å². The number of esters is 2. The summed E-state index contributed by atoms with van der Waals surface area (Å²) in [5.74, 6) is 1.67. The Bertz CT molecular complexity index is 2110. The second-order valence-corrected chi connectivity index (χ2v) is 23.1. The highest BCUT2D eigenvalue weighted by Gasteiger charge is 2.22. The van der Waals surface area contributed by atoms with Crippen molar-refractivity contribution in [2.45, 2.75) is 255 Å². The third-order valence-corrected chi connectivity index (χ3v) is 15.3. The number of ether oxygens (including phenoxy) is 2. The van der Waals surface area contributed by atoms with E-state index in [9.17, 15) is 13.8 Å². The number of carbonyl (C=O) groups is 2. The number of rotatable bonds is 36. The van der Waals surface area contributed by atoms with Crippen molar-refractivity contribution in [1.29, 1.82) is 0 Å². The molecule has 0 aromatic carbocycles. The van der Waals surface area contributed by atoms with Crippen LogP contribution in [-0.4, -0.2) is 79.9 Å². The minimum absolute atomic E-state index is 0.0501. The molecule has 0 saturated heterocycles. The number of aromatic nitrogens is 8. The molecular formula is C52H86Cl2N8O5S2. The molecule has 0 fully saturated rings. The van der Waals surface area contributed by atoms with Gasteiger partial charge < -0.3 is 18.6 Å². The minimum atomic E-state index is -1.25. The van der Waals surface area contributed by atoms with Gasteiger partial charge in [0.1, 0.15) is 27.7 Å². The van der Waals surface area contributed by atoms with Gasteiger partial charge in [0.05, 0.1) is 25.0 Å². The van der Waals surface area contributed by atoms with Crippen molar-refractivity contribution in [3.8, 4) is 0 Å². The number of nitrogens with zero attached hydrogens (tertiary/aromatic N) is 8. The van der Waals surface area contributed by atoms with Gasteiger partial charge in [-0.1, -0.05) is 169 Å². The fourth-order valence-corrected chi connectivity index (χ4v) is 10.9. The Hall–Kier alpha value is -2.88. The summed E-state index contributed by atoms with van der Waals surface area (Å²) in [5, 5.41) is 2.18. The fourth-order valence-electron chi connectivity index (χ4n) is 8.56. The van der Waals surface area contributed by atoms with Gasteiger partial charge in [0.15, 0.2) is 16.3 Å². The average molecular weight is 1040 g/mol. The molecule has 0 aliphatic carbocycles. The molecule has 0 spiro atoms. The maximum atomic E-state index is 12.8. The van der Waals surface area contributed by atoms with Gasteiger partial charge in [0.25, 0.3) is 0 Å². The van der Waals surface area contributed by atoms with Crippen molar-refractivity contribution in [2.75, 3.05) is 14.2 Å². The van der Waals surface area contributed by atoms with Gasteiger partial charge >= 0.3 is 11.9 Å². The molecule has 4 heterocycles. The zero-order valence-electron chi connectivity index (χ0n) is 43.6. The second kappa shape index (κ2) is 35.3. The van der Waals surface area contributed by atoms with Crippen molar-refractivity contribution in [3.05, 3.63) is 22.2 Å². The molecule has 69 heavy (non-hydrogen) atoms. The summed E-state index contributed by atoms with van der Waals surface area (Å²) < 4.78 is 26.5. The van der Waals surface area contributed by atoms with Crippen LogP contribution in [0.25, 0.3) is 22.3 Å².